The molecule has 6 nitrogen and oxygen atoms in total. The van der Waals surface area contributed by atoms with Gasteiger partial charge < -0.3 is 15.2 Å². The van der Waals surface area contributed by atoms with E-state index in [1.54, 1.807) is 19.2 Å². The molecule has 0 aromatic carbocycles. The molecule has 0 radical (unpaired) electrons. The second-order valence-corrected chi connectivity index (χ2v) is 12.4. The zero-order valence-corrected chi connectivity index (χ0v) is 21.5. The first-order valence-corrected chi connectivity index (χ1v) is 13.7. The summed E-state index contributed by atoms with van der Waals surface area (Å²) >= 11 is 0. The van der Waals surface area contributed by atoms with E-state index in [1.807, 2.05) is 0 Å². The molecule has 190 valence electrons. The van der Waals surface area contributed by atoms with Gasteiger partial charge in [0.05, 0.1) is 17.8 Å². The molecular formula is C29H41N3O3. The Hall–Kier alpha value is -1.97. The standard InChI is InChI=1S/C29H41N3O3/c1-18(32-27(33)26-9-4-19(15-30)16-31-26)24-7-8-25-23-6-5-20-14-29(34,17-35-3)13-11-21(20)22(23)10-12-28(24,25)2/h4,9,16,18,20-25,34H,5-8,10-14,17H2,1-3H3,(H,32,33)/t18-,20+,21-,22+,23+,24+,25-,28+,29+/m0/s1. The summed E-state index contributed by atoms with van der Waals surface area (Å²) in [5.74, 6) is 4.06. The summed E-state index contributed by atoms with van der Waals surface area (Å²) < 4.78 is 5.34. The number of rotatable bonds is 5. The summed E-state index contributed by atoms with van der Waals surface area (Å²) in [5.41, 5.74) is 0.489. The van der Waals surface area contributed by atoms with Gasteiger partial charge in [-0.25, -0.2) is 4.98 Å². The summed E-state index contributed by atoms with van der Waals surface area (Å²) in [7, 11) is 1.70. The van der Waals surface area contributed by atoms with Crippen LogP contribution in [0.4, 0.5) is 0 Å². The van der Waals surface area contributed by atoms with Crippen LogP contribution in [0.25, 0.3) is 0 Å². The van der Waals surface area contributed by atoms with E-state index in [0.717, 1.165) is 42.9 Å². The Morgan fingerprint density at radius 3 is 2.71 bits per heavy atom. The molecule has 0 aliphatic heterocycles. The van der Waals surface area contributed by atoms with Crippen LogP contribution in [-0.4, -0.2) is 41.4 Å². The minimum atomic E-state index is -0.623. The molecule has 35 heavy (non-hydrogen) atoms. The molecule has 1 aromatic heterocycles. The third kappa shape index (κ3) is 4.40. The van der Waals surface area contributed by atoms with Gasteiger partial charge in [0.2, 0.25) is 0 Å². The molecule has 9 atom stereocenters. The maximum absolute atomic E-state index is 12.9. The molecule has 1 amide bonds. The Morgan fingerprint density at radius 1 is 1.20 bits per heavy atom. The number of carbonyl (C=O) groups is 1. The maximum Gasteiger partial charge on any atom is 0.270 e. The molecule has 0 spiro atoms. The van der Waals surface area contributed by atoms with Crippen molar-refractivity contribution in [1.82, 2.24) is 10.3 Å². The summed E-state index contributed by atoms with van der Waals surface area (Å²) in [5, 5.41) is 23.2. The number of amides is 1. The van der Waals surface area contributed by atoms with Crippen molar-refractivity contribution < 1.29 is 14.6 Å². The zero-order chi connectivity index (χ0) is 24.8. The smallest absolute Gasteiger partial charge is 0.270 e. The topological polar surface area (TPSA) is 95.2 Å². The van der Waals surface area contributed by atoms with Crippen LogP contribution < -0.4 is 5.32 Å². The molecule has 4 aliphatic carbocycles. The van der Waals surface area contributed by atoms with Crippen LogP contribution in [0.2, 0.25) is 0 Å². The Kier molecular flexibility index (Phi) is 6.70. The van der Waals surface area contributed by atoms with Crippen molar-refractivity contribution in [3.8, 4) is 6.07 Å². The number of aliphatic hydroxyl groups is 1. The fraction of sp³-hybridized carbons (Fsp3) is 0.759. The SMILES string of the molecule is COC[C@@]1(O)CC[C@H]2[C@H](CC[C@@H]3[C@@H]2CC[C@]2(C)[C@@H]([C@H](C)NC(=O)c4ccc(C#N)cn4)CC[C@@H]32)C1. The van der Waals surface area contributed by atoms with E-state index in [4.69, 9.17) is 10.00 Å². The van der Waals surface area contributed by atoms with E-state index in [0.29, 0.717) is 29.7 Å². The highest BCUT2D eigenvalue weighted by Crippen LogP contribution is 2.65. The lowest BCUT2D eigenvalue weighted by Crippen LogP contribution is -2.53. The average molecular weight is 480 g/mol. The van der Waals surface area contributed by atoms with Crippen LogP contribution >= 0.6 is 0 Å². The number of ether oxygens (including phenoxy) is 1. The van der Waals surface area contributed by atoms with E-state index in [-0.39, 0.29) is 17.4 Å². The van der Waals surface area contributed by atoms with Gasteiger partial charge in [0.25, 0.3) is 5.91 Å². The summed E-state index contributed by atoms with van der Waals surface area (Å²) in [6.07, 6.45) is 11.9. The second kappa shape index (κ2) is 9.48. The van der Waals surface area contributed by atoms with Crippen LogP contribution in [0, 0.1) is 52.3 Å². The summed E-state index contributed by atoms with van der Waals surface area (Å²) in [4.78, 5) is 17.1. The molecule has 4 aliphatic rings. The lowest BCUT2D eigenvalue weighted by Gasteiger charge is -2.57. The number of carbonyl (C=O) groups excluding carboxylic acids is 1. The lowest BCUT2D eigenvalue weighted by atomic mass is 9.48. The van der Waals surface area contributed by atoms with Gasteiger partial charge in [-0.15, -0.1) is 0 Å². The monoisotopic (exact) mass is 479 g/mol. The van der Waals surface area contributed by atoms with E-state index in [2.05, 4.69) is 30.2 Å². The number of pyridine rings is 1. The van der Waals surface area contributed by atoms with Gasteiger partial charge in [0.15, 0.2) is 0 Å². The van der Waals surface area contributed by atoms with E-state index >= 15 is 0 Å². The largest absolute Gasteiger partial charge is 0.387 e. The van der Waals surface area contributed by atoms with E-state index < -0.39 is 5.60 Å². The van der Waals surface area contributed by atoms with Crippen LogP contribution in [0.15, 0.2) is 18.3 Å². The predicted octanol–water partition coefficient (Wildman–Crippen LogP) is 4.72. The van der Waals surface area contributed by atoms with Crippen molar-refractivity contribution in [2.45, 2.75) is 83.3 Å². The van der Waals surface area contributed by atoms with Gasteiger partial charge in [-0.1, -0.05) is 6.92 Å². The molecule has 1 heterocycles. The van der Waals surface area contributed by atoms with Crippen molar-refractivity contribution in [2.75, 3.05) is 13.7 Å². The third-order valence-corrected chi connectivity index (χ3v) is 10.7. The van der Waals surface area contributed by atoms with Crippen LogP contribution in [0.1, 0.15) is 87.7 Å². The van der Waals surface area contributed by atoms with Gasteiger partial charge >= 0.3 is 0 Å². The predicted molar refractivity (Wildman–Crippen MR) is 133 cm³/mol. The van der Waals surface area contributed by atoms with Crippen molar-refractivity contribution in [3.05, 3.63) is 29.6 Å². The number of hydrogen-bond acceptors (Lipinski definition) is 5. The highest BCUT2D eigenvalue weighted by atomic mass is 16.5. The van der Waals surface area contributed by atoms with Crippen molar-refractivity contribution in [2.24, 2.45) is 40.9 Å². The second-order valence-electron chi connectivity index (χ2n) is 12.4. The minimum absolute atomic E-state index is 0.0987. The van der Waals surface area contributed by atoms with Gasteiger partial charge in [0, 0.05) is 19.3 Å². The molecule has 0 bridgehead atoms. The molecule has 4 saturated carbocycles. The number of fused-ring (bicyclic) bond motifs is 5. The fourth-order valence-corrected chi connectivity index (χ4v) is 9.20. The van der Waals surface area contributed by atoms with Crippen LogP contribution in [-0.2, 0) is 4.74 Å². The van der Waals surface area contributed by atoms with Gasteiger partial charge in [-0.3, -0.25) is 4.79 Å². The number of nitrogens with zero attached hydrogens (tertiary/aromatic N) is 2. The van der Waals surface area contributed by atoms with Crippen molar-refractivity contribution >= 4 is 5.91 Å². The van der Waals surface area contributed by atoms with Crippen molar-refractivity contribution in [1.29, 1.82) is 5.26 Å². The van der Waals surface area contributed by atoms with E-state index in [9.17, 15) is 9.90 Å². The summed E-state index contributed by atoms with van der Waals surface area (Å²) in [6.45, 7) is 5.13. The Bertz CT molecular complexity index is 974. The van der Waals surface area contributed by atoms with Crippen molar-refractivity contribution in [3.63, 3.8) is 0 Å². The number of nitriles is 1. The third-order valence-electron chi connectivity index (χ3n) is 10.7. The minimum Gasteiger partial charge on any atom is -0.387 e. The highest BCUT2D eigenvalue weighted by Gasteiger charge is 2.58. The number of hydrogen-bond donors (Lipinski definition) is 2. The first-order valence-electron chi connectivity index (χ1n) is 13.7. The molecule has 6 heteroatoms. The first kappa shape index (κ1) is 24.7. The Morgan fingerprint density at radius 2 is 2.00 bits per heavy atom. The number of aromatic nitrogens is 1. The number of nitrogens with one attached hydrogen (secondary N) is 1. The fourth-order valence-electron chi connectivity index (χ4n) is 9.20. The Labute approximate surface area is 209 Å². The van der Waals surface area contributed by atoms with Gasteiger partial charge in [0.1, 0.15) is 11.8 Å². The van der Waals surface area contributed by atoms with Crippen LogP contribution in [0.3, 0.4) is 0 Å². The maximum atomic E-state index is 12.9. The molecular weight excluding hydrogens is 438 g/mol. The molecule has 5 rings (SSSR count). The van der Waals surface area contributed by atoms with E-state index in [1.165, 1.54) is 44.7 Å². The normalized spacial score (nSPS) is 41.1. The molecule has 1 aromatic rings. The average Bonchev–Trinajstić information content (AvgIpc) is 3.21. The summed E-state index contributed by atoms with van der Waals surface area (Å²) in [6, 6.07) is 5.44. The quantitative estimate of drug-likeness (QED) is 0.637. The Balaban J connectivity index is 1.25. The first-order chi connectivity index (χ1) is 16.8. The molecule has 2 N–H and O–H groups in total. The van der Waals surface area contributed by atoms with Crippen LogP contribution in [0.5, 0.6) is 0 Å². The highest BCUT2D eigenvalue weighted by molar-refractivity contribution is 5.92. The lowest BCUT2D eigenvalue weighted by molar-refractivity contribution is -0.125. The molecule has 0 saturated heterocycles. The zero-order valence-electron chi connectivity index (χ0n) is 21.5. The molecule has 0 unspecified atom stereocenters. The number of methoxy groups -OCH3 is 1. The molecule has 4 fully saturated rings. The van der Waals surface area contributed by atoms with Gasteiger partial charge in [-0.05, 0) is 118 Å². The van der Waals surface area contributed by atoms with Gasteiger partial charge in [-0.2, -0.15) is 5.26 Å².